The van der Waals surface area contributed by atoms with E-state index in [4.69, 9.17) is 0 Å². The molecular formula is C23H18N2O3. The second-order valence-electron chi connectivity index (χ2n) is 7.48. The van der Waals surface area contributed by atoms with Crippen molar-refractivity contribution in [2.75, 3.05) is 4.90 Å². The van der Waals surface area contributed by atoms with Crippen molar-refractivity contribution in [3.63, 3.8) is 0 Å². The minimum Gasteiger partial charge on any atom is -0.301 e. The van der Waals surface area contributed by atoms with E-state index < -0.39 is 0 Å². The lowest BCUT2D eigenvalue weighted by atomic mass is 9.79. The second kappa shape index (κ2) is 6.02. The zero-order chi connectivity index (χ0) is 19.4. The van der Waals surface area contributed by atoms with E-state index in [1.807, 2.05) is 60.4 Å². The Hall–Kier alpha value is -3.47. The third-order valence-electron chi connectivity index (χ3n) is 5.86. The molecule has 3 aromatic rings. The number of benzene rings is 3. The number of anilines is 1. The van der Waals surface area contributed by atoms with Crippen LogP contribution in [-0.2, 0) is 0 Å². The third-order valence-corrected chi connectivity index (χ3v) is 5.86. The first-order chi connectivity index (χ1) is 13.5. The van der Waals surface area contributed by atoms with Gasteiger partial charge in [0.2, 0.25) is 0 Å². The fourth-order valence-electron chi connectivity index (χ4n) is 4.57. The van der Waals surface area contributed by atoms with E-state index in [9.17, 15) is 14.9 Å². The number of fused-ring (bicyclic) bond motifs is 5. The van der Waals surface area contributed by atoms with Crippen LogP contribution in [0.25, 0.3) is 0 Å². The number of nitrogens with zero attached hydrogens (tertiary/aromatic N) is 2. The van der Waals surface area contributed by atoms with Crippen LogP contribution in [0.4, 0.5) is 11.4 Å². The number of carbonyl (C=O) groups is 1. The van der Waals surface area contributed by atoms with Crippen molar-refractivity contribution in [3.8, 4) is 0 Å². The van der Waals surface area contributed by atoms with Crippen LogP contribution in [0.2, 0.25) is 0 Å². The van der Waals surface area contributed by atoms with E-state index in [2.05, 4.69) is 6.07 Å². The Morgan fingerprint density at radius 1 is 1.00 bits per heavy atom. The summed E-state index contributed by atoms with van der Waals surface area (Å²) >= 11 is 0. The predicted molar refractivity (Wildman–Crippen MR) is 107 cm³/mol. The summed E-state index contributed by atoms with van der Waals surface area (Å²) in [6.45, 7) is 2.04. The zero-order valence-electron chi connectivity index (χ0n) is 15.3. The topological polar surface area (TPSA) is 63.5 Å². The number of amides is 1. The highest BCUT2D eigenvalue weighted by molar-refractivity contribution is 6.11. The van der Waals surface area contributed by atoms with Gasteiger partial charge in [-0.1, -0.05) is 48.0 Å². The number of aryl methyl sites for hydroxylation is 1. The van der Waals surface area contributed by atoms with Gasteiger partial charge in [-0.25, -0.2) is 0 Å². The highest BCUT2D eigenvalue weighted by Crippen LogP contribution is 2.51. The molecule has 0 bridgehead atoms. The highest BCUT2D eigenvalue weighted by atomic mass is 16.6. The number of hydrogen-bond acceptors (Lipinski definition) is 3. The van der Waals surface area contributed by atoms with Crippen LogP contribution in [0, 0.1) is 17.0 Å². The van der Waals surface area contributed by atoms with Crippen molar-refractivity contribution in [1.82, 2.24) is 0 Å². The van der Waals surface area contributed by atoms with Gasteiger partial charge in [-0.2, -0.15) is 0 Å². The molecule has 0 saturated heterocycles. The lowest BCUT2D eigenvalue weighted by Crippen LogP contribution is -2.34. The van der Waals surface area contributed by atoms with E-state index >= 15 is 0 Å². The SMILES string of the molecule is Cc1ccc2c(c1)C(c1ccc([N+](=O)[O-])cc1)CC1c3ccccc3C(=O)N21. The number of hydrogen-bond donors (Lipinski definition) is 0. The average molecular weight is 370 g/mol. The Labute approximate surface area is 162 Å². The molecule has 0 spiro atoms. The van der Waals surface area contributed by atoms with Crippen molar-refractivity contribution < 1.29 is 9.72 Å². The quantitative estimate of drug-likeness (QED) is 0.463. The molecule has 0 N–H and O–H groups in total. The van der Waals surface area contributed by atoms with Gasteiger partial charge >= 0.3 is 0 Å². The molecule has 2 unspecified atom stereocenters. The first-order valence-electron chi connectivity index (χ1n) is 9.32. The fraction of sp³-hybridized carbons (Fsp3) is 0.174. The number of non-ortho nitro benzene ring substituents is 1. The molecule has 5 rings (SSSR count). The molecular weight excluding hydrogens is 352 g/mol. The van der Waals surface area contributed by atoms with Gasteiger partial charge in [-0.15, -0.1) is 0 Å². The van der Waals surface area contributed by atoms with Gasteiger partial charge in [0.15, 0.2) is 0 Å². The summed E-state index contributed by atoms with van der Waals surface area (Å²) in [5, 5.41) is 11.0. The van der Waals surface area contributed by atoms with Gasteiger partial charge in [0.1, 0.15) is 0 Å². The lowest BCUT2D eigenvalue weighted by Gasteiger charge is -2.37. The predicted octanol–water partition coefficient (Wildman–Crippen LogP) is 5.14. The van der Waals surface area contributed by atoms with Crippen LogP contribution in [-0.4, -0.2) is 10.8 Å². The van der Waals surface area contributed by atoms with Crippen LogP contribution in [0.3, 0.4) is 0 Å². The monoisotopic (exact) mass is 370 g/mol. The molecule has 0 saturated carbocycles. The third kappa shape index (κ3) is 2.36. The minimum absolute atomic E-state index is 0.0147. The normalized spacial score (nSPS) is 19.8. The van der Waals surface area contributed by atoms with Crippen molar-refractivity contribution in [3.05, 3.63) is 105 Å². The molecule has 0 fully saturated rings. The van der Waals surface area contributed by atoms with Crippen LogP contribution < -0.4 is 4.90 Å². The maximum absolute atomic E-state index is 13.1. The molecule has 5 nitrogen and oxygen atoms in total. The number of rotatable bonds is 2. The zero-order valence-corrected chi connectivity index (χ0v) is 15.3. The molecule has 2 heterocycles. The van der Waals surface area contributed by atoms with Crippen molar-refractivity contribution in [1.29, 1.82) is 0 Å². The summed E-state index contributed by atoms with van der Waals surface area (Å²) < 4.78 is 0. The maximum Gasteiger partial charge on any atom is 0.269 e. The molecule has 28 heavy (non-hydrogen) atoms. The summed E-state index contributed by atoms with van der Waals surface area (Å²) in [6, 6.07) is 20.8. The first-order valence-corrected chi connectivity index (χ1v) is 9.32. The molecule has 0 radical (unpaired) electrons. The average Bonchev–Trinajstić information content (AvgIpc) is 3.00. The van der Waals surface area contributed by atoms with Crippen LogP contribution >= 0.6 is 0 Å². The summed E-state index contributed by atoms with van der Waals surface area (Å²) in [7, 11) is 0. The molecule has 2 aliphatic rings. The molecule has 2 aliphatic heterocycles. The maximum atomic E-state index is 13.1. The van der Waals surface area contributed by atoms with Crippen LogP contribution in [0.5, 0.6) is 0 Å². The van der Waals surface area contributed by atoms with Gasteiger partial charge in [0.25, 0.3) is 11.6 Å². The van der Waals surface area contributed by atoms with E-state index in [0.717, 1.165) is 39.9 Å². The molecule has 2 atom stereocenters. The number of nitro groups is 1. The van der Waals surface area contributed by atoms with Crippen LogP contribution in [0.15, 0.2) is 66.7 Å². The van der Waals surface area contributed by atoms with E-state index in [1.165, 1.54) is 0 Å². The van der Waals surface area contributed by atoms with Gasteiger partial charge in [0, 0.05) is 29.3 Å². The second-order valence-corrected chi connectivity index (χ2v) is 7.48. The van der Waals surface area contributed by atoms with E-state index in [1.54, 1.807) is 12.1 Å². The summed E-state index contributed by atoms with van der Waals surface area (Å²) in [4.78, 5) is 25.6. The Morgan fingerprint density at radius 3 is 2.50 bits per heavy atom. The molecule has 3 aromatic carbocycles. The van der Waals surface area contributed by atoms with E-state index in [-0.39, 0.29) is 28.5 Å². The fourth-order valence-corrected chi connectivity index (χ4v) is 4.57. The Bertz CT molecular complexity index is 1120. The Kier molecular flexibility index (Phi) is 3.59. The first kappa shape index (κ1) is 16.7. The minimum atomic E-state index is -0.379. The molecule has 0 aliphatic carbocycles. The van der Waals surface area contributed by atoms with Gasteiger partial charge in [-0.3, -0.25) is 14.9 Å². The van der Waals surface area contributed by atoms with Crippen molar-refractivity contribution in [2.24, 2.45) is 0 Å². The summed E-state index contributed by atoms with van der Waals surface area (Å²) in [5.74, 6) is 0.128. The van der Waals surface area contributed by atoms with Gasteiger partial charge in [-0.05, 0) is 42.2 Å². The van der Waals surface area contributed by atoms with Gasteiger partial charge < -0.3 is 4.90 Å². The molecule has 5 heteroatoms. The lowest BCUT2D eigenvalue weighted by molar-refractivity contribution is -0.384. The van der Waals surface area contributed by atoms with E-state index in [0.29, 0.717) is 0 Å². The molecule has 138 valence electrons. The van der Waals surface area contributed by atoms with Crippen LogP contribution in [0.1, 0.15) is 51.0 Å². The molecule has 0 aromatic heterocycles. The smallest absolute Gasteiger partial charge is 0.269 e. The largest absolute Gasteiger partial charge is 0.301 e. The van der Waals surface area contributed by atoms with Crippen molar-refractivity contribution in [2.45, 2.75) is 25.3 Å². The van der Waals surface area contributed by atoms with Gasteiger partial charge in [0.05, 0.1) is 11.0 Å². The number of nitro benzene ring substituents is 1. The standard InChI is InChI=1S/C23H18N2O3/c1-14-6-11-21-20(12-14)19(15-7-9-16(10-8-15)25(27)28)13-22-17-4-2-3-5-18(17)23(26)24(21)22/h2-12,19,22H,13H2,1H3. The summed E-state index contributed by atoms with van der Waals surface area (Å²) in [5.41, 5.74) is 6.13. The highest BCUT2D eigenvalue weighted by Gasteiger charge is 2.43. The Morgan fingerprint density at radius 2 is 1.75 bits per heavy atom. The van der Waals surface area contributed by atoms with Crippen molar-refractivity contribution >= 4 is 17.3 Å². The number of carbonyl (C=O) groups excluding carboxylic acids is 1. The molecule has 1 amide bonds. The summed E-state index contributed by atoms with van der Waals surface area (Å²) in [6.07, 6.45) is 0.761. The Balaban J connectivity index is 1.67.